The number of nitrogens with one attached hydrogen (secondary N) is 2. The van der Waals surface area contributed by atoms with Crippen LogP contribution >= 0.6 is 22.7 Å². The van der Waals surface area contributed by atoms with Crippen molar-refractivity contribution in [2.24, 2.45) is 0 Å². The van der Waals surface area contributed by atoms with E-state index in [1.54, 1.807) is 16.7 Å². The number of hydrogen-bond acceptors (Lipinski definition) is 6. The quantitative estimate of drug-likeness (QED) is 0.715. The van der Waals surface area contributed by atoms with E-state index in [-0.39, 0.29) is 18.2 Å². The van der Waals surface area contributed by atoms with E-state index in [2.05, 4.69) is 20.6 Å². The Kier molecular flexibility index (Phi) is 5.20. The van der Waals surface area contributed by atoms with Gasteiger partial charge in [0.25, 0.3) is 0 Å². The maximum atomic E-state index is 12.2. The molecule has 0 bridgehead atoms. The molecule has 2 heterocycles. The van der Waals surface area contributed by atoms with Crippen LogP contribution in [0.25, 0.3) is 11.3 Å². The number of aryl methyl sites for hydroxylation is 1. The summed E-state index contributed by atoms with van der Waals surface area (Å²) < 4.78 is 0. The predicted molar refractivity (Wildman–Crippen MR) is 101 cm³/mol. The minimum absolute atomic E-state index is 0.149. The molecule has 0 aliphatic carbocycles. The molecule has 128 valence electrons. The summed E-state index contributed by atoms with van der Waals surface area (Å²) in [6, 6.07) is 7.59. The van der Waals surface area contributed by atoms with Gasteiger partial charge in [-0.25, -0.2) is 9.97 Å². The lowest BCUT2D eigenvalue weighted by Gasteiger charge is -2.06. The van der Waals surface area contributed by atoms with Gasteiger partial charge in [0.05, 0.1) is 22.8 Å². The molecule has 2 amide bonds. The lowest BCUT2D eigenvalue weighted by Crippen LogP contribution is -2.14. The Morgan fingerprint density at radius 3 is 2.68 bits per heavy atom. The van der Waals surface area contributed by atoms with Crippen molar-refractivity contribution in [1.82, 2.24) is 9.97 Å². The molecule has 8 heteroatoms. The zero-order valence-electron chi connectivity index (χ0n) is 13.7. The molecule has 0 saturated carbocycles. The topological polar surface area (TPSA) is 84.0 Å². The summed E-state index contributed by atoms with van der Waals surface area (Å²) in [7, 11) is 0. The van der Waals surface area contributed by atoms with Crippen molar-refractivity contribution in [3.8, 4) is 11.3 Å². The number of thiazole rings is 2. The van der Waals surface area contributed by atoms with E-state index in [9.17, 15) is 9.59 Å². The SMILES string of the molecule is CC(=O)Nc1nc(CC(=O)Nc2cccc(-c3csc(C)n3)c2)cs1. The van der Waals surface area contributed by atoms with Gasteiger partial charge in [-0.3, -0.25) is 9.59 Å². The van der Waals surface area contributed by atoms with Gasteiger partial charge >= 0.3 is 0 Å². The zero-order chi connectivity index (χ0) is 17.8. The molecule has 0 atom stereocenters. The number of anilines is 2. The first-order valence-electron chi connectivity index (χ1n) is 7.54. The first kappa shape index (κ1) is 17.2. The highest BCUT2D eigenvalue weighted by Crippen LogP contribution is 2.24. The monoisotopic (exact) mass is 372 g/mol. The summed E-state index contributed by atoms with van der Waals surface area (Å²) in [5.74, 6) is -0.342. The summed E-state index contributed by atoms with van der Waals surface area (Å²) in [5, 5.41) is 10.7. The summed E-state index contributed by atoms with van der Waals surface area (Å²) in [5.41, 5.74) is 3.20. The molecule has 0 radical (unpaired) electrons. The summed E-state index contributed by atoms with van der Waals surface area (Å²) in [6.07, 6.45) is 0.149. The number of carbonyl (C=O) groups is 2. The lowest BCUT2D eigenvalue weighted by molar-refractivity contribution is -0.116. The molecule has 0 unspecified atom stereocenters. The molecule has 2 aromatic heterocycles. The van der Waals surface area contributed by atoms with Crippen LogP contribution in [-0.2, 0) is 16.0 Å². The summed E-state index contributed by atoms with van der Waals surface area (Å²) in [4.78, 5) is 31.9. The molecule has 2 N–H and O–H groups in total. The van der Waals surface area contributed by atoms with Gasteiger partial charge in [-0.2, -0.15) is 0 Å². The van der Waals surface area contributed by atoms with Crippen LogP contribution in [0.3, 0.4) is 0 Å². The molecule has 0 spiro atoms. The average Bonchev–Trinajstić information content (AvgIpc) is 3.16. The van der Waals surface area contributed by atoms with E-state index < -0.39 is 0 Å². The van der Waals surface area contributed by atoms with E-state index >= 15 is 0 Å². The van der Waals surface area contributed by atoms with Crippen molar-refractivity contribution in [1.29, 1.82) is 0 Å². The van der Waals surface area contributed by atoms with Crippen molar-refractivity contribution < 1.29 is 9.59 Å². The van der Waals surface area contributed by atoms with E-state index in [0.717, 1.165) is 16.3 Å². The second kappa shape index (κ2) is 7.54. The van der Waals surface area contributed by atoms with Gasteiger partial charge in [-0.05, 0) is 19.1 Å². The van der Waals surface area contributed by atoms with Crippen molar-refractivity contribution >= 4 is 45.3 Å². The second-order valence-electron chi connectivity index (χ2n) is 5.38. The minimum Gasteiger partial charge on any atom is -0.326 e. The Labute approximate surface area is 153 Å². The van der Waals surface area contributed by atoms with Crippen LogP contribution in [0.4, 0.5) is 10.8 Å². The number of nitrogens with zero attached hydrogens (tertiary/aromatic N) is 2. The Morgan fingerprint density at radius 1 is 1.12 bits per heavy atom. The second-order valence-corrected chi connectivity index (χ2v) is 7.30. The van der Waals surface area contributed by atoms with E-state index in [0.29, 0.717) is 16.5 Å². The van der Waals surface area contributed by atoms with E-state index in [1.807, 2.05) is 36.6 Å². The predicted octanol–water partition coefficient (Wildman–Crippen LogP) is 3.71. The van der Waals surface area contributed by atoms with Gasteiger partial charge in [-0.15, -0.1) is 22.7 Å². The fourth-order valence-electron chi connectivity index (χ4n) is 2.22. The van der Waals surface area contributed by atoms with Crippen molar-refractivity contribution in [2.75, 3.05) is 10.6 Å². The number of rotatable bonds is 5. The minimum atomic E-state index is -0.181. The smallest absolute Gasteiger partial charge is 0.230 e. The number of benzene rings is 1. The summed E-state index contributed by atoms with van der Waals surface area (Å²) >= 11 is 2.89. The molecule has 0 saturated heterocycles. The standard InChI is InChI=1S/C17H16N4O2S2/c1-10(22)18-17-21-14(8-25-17)7-16(23)20-13-5-3-4-12(6-13)15-9-24-11(2)19-15/h3-6,8-9H,7H2,1-2H3,(H,20,23)(H,18,21,22). The number of hydrogen-bond donors (Lipinski definition) is 2. The van der Waals surface area contributed by atoms with Gasteiger partial charge in [0.15, 0.2) is 5.13 Å². The normalized spacial score (nSPS) is 10.5. The van der Waals surface area contributed by atoms with E-state index in [1.165, 1.54) is 18.3 Å². The molecule has 3 aromatic rings. The number of amides is 2. The highest BCUT2D eigenvalue weighted by Gasteiger charge is 2.10. The van der Waals surface area contributed by atoms with Crippen molar-refractivity contribution in [2.45, 2.75) is 20.3 Å². The molecule has 0 aliphatic rings. The van der Waals surface area contributed by atoms with Gasteiger partial charge in [0.1, 0.15) is 0 Å². The van der Waals surface area contributed by atoms with Crippen molar-refractivity contribution in [3.63, 3.8) is 0 Å². The Bertz CT molecular complexity index is 917. The van der Waals surface area contributed by atoms with Gasteiger partial charge in [-0.1, -0.05) is 12.1 Å². The highest BCUT2D eigenvalue weighted by molar-refractivity contribution is 7.14. The molecule has 25 heavy (non-hydrogen) atoms. The van der Waals surface area contributed by atoms with Gasteiger partial charge in [0, 0.05) is 28.9 Å². The van der Waals surface area contributed by atoms with Gasteiger partial charge in [0.2, 0.25) is 11.8 Å². The molecule has 1 aromatic carbocycles. The third kappa shape index (κ3) is 4.71. The molecule has 0 aliphatic heterocycles. The van der Waals surface area contributed by atoms with Crippen LogP contribution in [0.2, 0.25) is 0 Å². The molecule has 3 rings (SSSR count). The molecule has 6 nitrogen and oxygen atoms in total. The fourth-order valence-corrected chi connectivity index (χ4v) is 3.60. The molecular formula is C17H16N4O2S2. The van der Waals surface area contributed by atoms with Crippen LogP contribution in [-0.4, -0.2) is 21.8 Å². The third-order valence-corrected chi connectivity index (χ3v) is 4.82. The number of aromatic nitrogens is 2. The van der Waals surface area contributed by atoms with Crippen LogP contribution < -0.4 is 10.6 Å². The van der Waals surface area contributed by atoms with Crippen molar-refractivity contribution in [3.05, 3.63) is 45.7 Å². The Balaban J connectivity index is 1.65. The van der Waals surface area contributed by atoms with Crippen LogP contribution in [0, 0.1) is 6.92 Å². The maximum absolute atomic E-state index is 12.2. The Hall–Kier alpha value is -2.58. The lowest BCUT2D eigenvalue weighted by atomic mass is 10.1. The highest BCUT2D eigenvalue weighted by atomic mass is 32.1. The first-order chi connectivity index (χ1) is 12.0. The average molecular weight is 372 g/mol. The van der Waals surface area contributed by atoms with E-state index in [4.69, 9.17) is 0 Å². The first-order valence-corrected chi connectivity index (χ1v) is 9.30. The maximum Gasteiger partial charge on any atom is 0.230 e. The molecular weight excluding hydrogens is 356 g/mol. The summed E-state index contributed by atoms with van der Waals surface area (Å²) in [6.45, 7) is 3.38. The van der Waals surface area contributed by atoms with Crippen LogP contribution in [0.15, 0.2) is 35.0 Å². The number of carbonyl (C=O) groups excluding carboxylic acids is 2. The Morgan fingerprint density at radius 2 is 1.96 bits per heavy atom. The zero-order valence-corrected chi connectivity index (χ0v) is 15.3. The largest absolute Gasteiger partial charge is 0.326 e. The van der Waals surface area contributed by atoms with Gasteiger partial charge < -0.3 is 10.6 Å². The van der Waals surface area contributed by atoms with Crippen LogP contribution in [0.5, 0.6) is 0 Å². The molecule has 0 fully saturated rings. The fraction of sp³-hybridized carbons (Fsp3) is 0.176. The third-order valence-electron chi connectivity index (χ3n) is 3.24. The van der Waals surface area contributed by atoms with Crippen LogP contribution in [0.1, 0.15) is 17.6 Å².